The lowest BCUT2D eigenvalue weighted by Gasteiger charge is -2.43. The van der Waals surface area contributed by atoms with Gasteiger partial charge >= 0.3 is 6.09 Å². The second kappa shape index (κ2) is 15.8. The van der Waals surface area contributed by atoms with E-state index in [1.54, 1.807) is 24.2 Å². The Kier molecular flexibility index (Phi) is 11.5. The van der Waals surface area contributed by atoms with Crippen LogP contribution >= 0.6 is 11.6 Å². The van der Waals surface area contributed by atoms with E-state index >= 15 is 0 Å². The second-order valence-electron chi connectivity index (χ2n) is 12.9. The highest BCUT2D eigenvalue weighted by Crippen LogP contribution is 2.37. The summed E-state index contributed by atoms with van der Waals surface area (Å²) < 4.78 is 14.6. The van der Waals surface area contributed by atoms with Gasteiger partial charge in [-0.05, 0) is 39.9 Å². The molecule has 5 aromatic rings. The van der Waals surface area contributed by atoms with Gasteiger partial charge in [0.05, 0.1) is 19.9 Å². The van der Waals surface area contributed by atoms with E-state index < -0.39 is 14.4 Å². The monoisotopic (exact) mass is 701 g/mol. The van der Waals surface area contributed by atoms with Gasteiger partial charge in [-0.2, -0.15) is 10.1 Å². The molecule has 3 heterocycles. The molecule has 0 unspecified atom stereocenters. The lowest BCUT2D eigenvalue weighted by molar-refractivity contribution is 0.209. The number of halogens is 1. The Hall–Kier alpha value is -4.52. The van der Waals surface area contributed by atoms with Crippen LogP contribution in [0.3, 0.4) is 0 Å². The van der Waals surface area contributed by atoms with Gasteiger partial charge in [-0.1, -0.05) is 94.8 Å². The Bertz CT molecular complexity index is 1810. The van der Waals surface area contributed by atoms with Gasteiger partial charge in [0.25, 0.3) is 8.32 Å². The van der Waals surface area contributed by atoms with Crippen molar-refractivity contribution in [1.29, 1.82) is 0 Å². The smallest absolute Gasteiger partial charge is 0.411 e. The van der Waals surface area contributed by atoms with Crippen molar-refractivity contribution in [2.45, 2.75) is 70.5 Å². The van der Waals surface area contributed by atoms with E-state index in [1.165, 1.54) is 10.4 Å². The van der Waals surface area contributed by atoms with Gasteiger partial charge in [-0.3, -0.25) is 15.0 Å². The summed E-state index contributed by atoms with van der Waals surface area (Å²) in [5, 5.41) is 22.3. The number of benzene rings is 2. The van der Waals surface area contributed by atoms with Crippen molar-refractivity contribution < 1.29 is 19.1 Å². The number of methoxy groups -OCH3 is 1. The molecule has 1 amide bonds. The molecule has 0 aliphatic carbocycles. The molecule has 0 saturated heterocycles. The molecule has 3 aromatic heterocycles. The van der Waals surface area contributed by atoms with Crippen molar-refractivity contribution in [2.75, 3.05) is 24.4 Å². The summed E-state index contributed by atoms with van der Waals surface area (Å²) in [6, 6.07) is 23.0. The molecule has 5 rings (SSSR count). The first kappa shape index (κ1) is 35.8. The molecular weight excluding hydrogens is 658 g/mol. The van der Waals surface area contributed by atoms with Gasteiger partial charge in [-0.25, -0.2) is 9.78 Å². The maximum atomic E-state index is 11.6. The van der Waals surface area contributed by atoms with Crippen LogP contribution in [0, 0.1) is 0 Å². The summed E-state index contributed by atoms with van der Waals surface area (Å²) in [6.45, 7) is 9.72. The number of ether oxygens (including phenoxy) is 1. The number of amides is 1. The van der Waals surface area contributed by atoms with E-state index in [1.807, 2.05) is 18.2 Å². The third-order valence-corrected chi connectivity index (χ3v) is 13.9. The summed E-state index contributed by atoms with van der Waals surface area (Å²) in [6.07, 6.45) is 4.49. The molecule has 13 heteroatoms. The Balaban J connectivity index is 1.48. The molecule has 0 radical (unpaired) electrons. The van der Waals surface area contributed by atoms with Gasteiger partial charge in [0.2, 0.25) is 5.95 Å². The summed E-state index contributed by atoms with van der Waals surface area (Å²) >= 11 is 6.03. The number of rotatable bonds is 15. The highest BCUT2D eigenvalue weighted by Gasteiger charge is 2.50. The molecule has 0 aliphatic heterocycles. The molecule has 11 nitrogen and oxygen atoms in total. The number of nitrogens with one attached hydrogen (secondary N) is 2. The zero-order valence-electron chi connectivity index (χ0n) is 28.6. The molecule has 1 atom stereocenters. The fraction of sp³-hybridized carbons (Fsp3) is 0.361. The summed E-state index contributed by atoms with van der Waals surface area (Å²) in [7, 11) is -1.14. The summed E-state index contributed by atoms with van der Waals surface area (Å²) in [5.41, 5.74) is 2.60. The highest BCUT2D eigenvalue weighted by atomic mass is 35.5. The number of nitrogens with zero attached hydrogens (tertiary/aromatic N) is 5. The zero-order valence-corrected chi connectivity index (χ0v) is 30.4. The number of hydrogen-bond donors (Lipinski definition) is 3. The molecule has 49 heavy (non-hydrogen) atoms. The Morgan fingerprint density at radius 2 is 1.69 bits per heavy atom. The normalized spacial score (nSPS) is 12.5. The molecule has 0 spiro atoms. The summed E-state index contributed by atoms with van der Waals surface area (Å²) in [4.78, 5) is 25.2. The van der Waals surface area contributed by atoms with Gasteiger partial charge in [-0.15, -0.1) is 11.6 Å². The lowest BCUT2D eigenvalue weighted by atomic mass is 10.1. The first-order valence-corrected chi connectivity index (χ1v) is 18.9. The van der Waals surface area contributed by atoms with Crippen LogP contribution in [0.2, 0.25) is 5.04 Å². The average molecular weight is 702 g/mol. The molecular formula is C36H44ClN7O4Si. The number of aromatic nitrogens is 5. The predicted molar refractivity (Wildman–Crippen MR) is 197 cm³/mol. The minimum atomic E-state index is -2.73. The van der Waals surface area contributed by atoms with Crippen LogP contribution in [0.25, 0.3) is 11.0 Å². The van der Waals surface area contributed by atoms with Crippen LogP contribution in [0.15, 0.2) is 79.1 Å². The van der Waals surface area contributed by atoms with Crippen LogP contribution < -0.4 is 25.7 Å². The number of pyridine rings is 1. The van der Waals surface area contributed by atoms with E-state index in [0.717, 1.165) is 18.4 Å². The van der Waals surface area contributed by atoms with Crippen LogP contribution in [0.5, 0.6) is 5.75 Å². The fourth-order valence-corrected chi connectivity index (χ4v) is 11.1. The predicted octanol–water partition coefficient (Wildman–Crippen LogP) is 6.65. The first-order valence-electron chi connectivity index (χ1n) is 16.4. The van der Waals surface area contributed by atoms with Crippen LogP contribution in [-0.4, -0.2) is 64.0 Å². The van der Waals surface area contributed by atoms with Gasteiger partial charge < -0.3 is 19.6 Å². The quantitative estimate of drug-likeness (QED) is 0.0809. The number of carbonyl (C=O) groups is 1. The molecule has 0 saturated carbocycles. The average Bonchev–Trinajstić information content (AvgIpc) is 3.49. The Morgan fingerprint density at radius 3 is 2.27 bits per heavy atom. The van der Waals surface area contributed by atoms with Crippen molar-refractivity contribution in [2.24, 2.45) is 0 Å². The number of hydrogen-bond acceptors (Lipinski definition) is 8. The topological polar surface area (TPSA) is 136 Å². The third-order valence-electron chi connectivity index (χ3n) is 8.55. The van der Waals surface area contributed by atoms with Crippen molar-refractivity contribution in [3.8, 4) is 5.75 Å². The lowest BCUT2D eigenvalue weighted by Crippen LogP contribution is -2.66. The first-order chi connectivity index (χ1) is 23.6. The third kappa shape index (κ3) is 8.04. The largest absolute Gasteiger partial charge is 0.495 e. The van der Waals surface area contributed by atoms with Crippen molar-refractivity contribution >= 4 is 59.2 Å². The van der Waals surface area contributed by atoms with E-state index in [2.05, 4.69) is 107 Å². The highest BCUT2D eigenvalue weighted by molar-refractivity contribution is 6.99. The maximum Gasteiger partial charge on any atom is 0.411 e. The van der Waals surface area contributed by atoms with Crippen molar-refractivity contribution in [1.82, 2.24) is 24.7 Å². The molecule has 2 aromatic carbocycles. The van der Waals surface area contributed by atoms with Crippen molar-refractivity contribution in [3.05, 3.63) is 90.4 Å². The van der Waals surface area contributed by atoms with Gasteiger partial charge in [0.15, 0.2) is 5.82 Å². The minimum Gasteiger partial charge on any atom is -0.495 e. The molecule has 258 valence electrons. The van der Waals surface area contributed by atoms with Gasteiger partial charge in [0.1, 0.15) is 22.5 Å². The number of carboxylic acid groups (broad SMARTS) is 1. The molecule has 0 bridgehead atoms. The number of alkyl halides is 1. The Morgan fingerprint density at radius 1 is 1.02 bits per heavy atom. The maximum absolute atomic E-state index is 11.6. The van der Waals surface area contributed by atoms with E-state index in [9.17, 15) is 9.90 Å². The number of anilines is 2. The molecule has 0 fully saturated rings. The fourth-order valence-electron chi connectivity index (χ4n) is 6.34. The Labute approximate surface area is 293 Å². The van der Waals surface area contributed by atoms with Crippen molar-refractivity contribution in [3.63, 3.8) is 0 Å². The van der Waals surface area contributed by atoms with Gasteiger partial charge in [0, 0.05) is 24.7 Å². The van der Waals surface area contributed by atoms with E-state index in [-0.39, 0.29) is 23.6 Å². The SMILES string of the molecule is CCC[C@@H](CCO[Si](c1ccccc1)(c1ccccc1)C(C)(C)C)Nc1nc(NC(=O)O)nc2cnn(Cc3ncc(CCl)cc3OC)c12. The van der Waals surface area contributed by atoms with E-state index in [4.69, 9.17) is 20.8 Å². The van der Waals surface area contributed by atoms with Crippen LogP contribution in [0.4, 0.5) is 16.6 Å². The minimum absolute atomic E-state index is 0.0389. The van der Waals surface area contributed by atoms with Crippen LogP contribution in [-0.2, 0) is 16.9 Å². The van der Waals surface area contributed by atoms with Crippen LogP contribution in [0.1, 0.15) is 58.2 Å². The molecule has 3 N–H and O–H groups in total. The zero-order chi connectivity index (χ0) is 35.0. The van der Waals surface area contributed by atoms with E-state index in [0.29, 0.717) is 47.2 Å². The molecule has 0 aliphatic rings. The number of fused-ring (bicyclic) bond motifs is 1. The standard InChI is InChI=1S/C36H44ClN7O4Si/c1-6-13-26(18-19-48-49(36(2,3)4,27-14-9-7-10-15-27)28-16-11-8-12-17-28)40-33-32-29(41-34(42-33)43-35(45)46)23-39-44(32)24-30-31(47-5)20-25(21-37)22-38-30/h7-12,14-17,20,22-23,26H,6,13,18-19,21,24H2,1-5H3,(H,45,46)(H2,40,41,42,43)/t26-/m0/s1. The summed E-state index contributed by atoms with van der Waals surface area (Å²) in [5.74, 6) is 1.33. The second-order valence-corrected chi connectivity index (χ2v) is 17.5.